The van der Waals surface area contributed by atoms with Crippen LogP contribution in [-0.4, -0.2) is 38.2 Å². The molecule has 5 rings (SSSR count). The van der Waals surface area contributed by atoms with Gasteiger partial charge in [0.05, 0.1) is 40.6 Å². The van der Waals surface area contributed by atoms with E-state index in [1.807, 2.05) is 0 Å². The Morgan fingerprint density at radius 1 is 1.12 bits per heavy atom. The topological polar surface area (TPSA) is 91.0 Å². The first-order valence-electron chi connectivity index (χ1n) is 12.5. The fourth-order valence-electron chi connectivity index (χ4n) is 5.17. The Bertz CT molecular complexity index is 1630. The molecule has 1 fully saturated rings. The summed E-state index contributed by atoms with van der Waals surface area (Å²) in [5, 5.41) is 2.60. The molecule has 0 aliphatic heterocycles. The molecule has 1 amide bonds. The number of imidazole rings is 1. The predicted molar refractivity (Wildman–Crippen MR) is 139 cm³/mol. The van der Waals surface area contributed by atoms with Crippen LogP contribution in [0.3, 0.4) is 0 Å². The second-order valence-electron chi connectivity index (χ2n) is 9.65. The van der Waals surface area contributed by atoms with E-state index in [0.717, 1.165) is 12.3 Å². The number of carbonyl (C=O) groups excluding carboxylic acids is 1. The molecule has 1 aromatic carbocycles. The van der Waals surface area contributed by atoms with Gasteiger partial charge in [0.2, 0.25) is 0 Å². The smallest absolute Gasteiger partial charge is 0.434 e. The Balaban J connectivity index is 1.31. The molecule has 210 valence electrons. The maximum atomic E-state index is 14.4. The number of rotatable bonds is 6. The second-order valence-corrected chi connectivity index (χ2v) is 10.1. The number of amides is 1. The van der Waals surface area contributed by atoms with E-state index in [1.165, 1.54) is 23.8 Å². The first-order valence-corrected chi connectivity index (χ1v) is 12.9. The van der Waals surface area contributed by atoms with E-state index >= 15 is 0 Å². The lowest BCUT2D eigenvalue weighted by atomic mass is 9.85. The molecule has 0 atom stereocenters. The molecular weight excluding hydrogens is 554 g/mol. The molecular formula is C27H24ClF4N5O3. The highest BCUT2D eigenvalue weighted by molar-refractivity contribution is 6.30. The summed E-state index contributed by atoms with van der Waals surface area (Å²) in [6.07, 6.45) is 1.47. The molecule has 0 spiro atoms. The van der Waals surface area contributed by atoms with Crippen LogP contribution in [-0.2, 0) is 12.7 Å². The number of nitrogens with one attached hydrogen (secondary N) is 1. The third kappa shape index (κ3) is 5.40. The van der Waals surface area contributed by atoms with E-state index < -0.39 is 29.2 Å². The summed E-state index contributed by atoms with van der Waals surface area (Å²) in [5.74, 6) is -1.36. The summed E-state index contributed by atoms with van der Waals surface area (Å²) < 4.78 is 62.4. The number of halogens is 5. The molecule has 4 aromatic rings. The number of benzene rings is 1. The number of fused-ring (bicyclic) bond motifs is 1. The standard InChI is InChI=1S/C27H24ClF4N5O3/c1-40-23-7-6-18(11-20(23)29)37-21-8-9-33-13-22(21)36(26(37)39)14-15-2-4-17(5-3-15)35-25(38)19-10-16(28)12-34-24(19)27(30,31)32/h6-13,15,17H,2-5,14H2,1H3,(H,35,38). The Morgan fingerprint density at radius 3 is 2.55 bits per heavy atom. The lowest BCUT2D eigenvalue weighted by Gasteiger charge is -2.29. The first kappa shape index (κ1) is 27.6. The van der Waals surface area contributed by atoms with Crippen molar-refractivity contribution in [2.24, 2.45) is 5.92 Å². The number of hydrogen-bond donors (Lipinski definition) is 1. The molecule has 8 nitrogen and oxygen atoms in total. The first-order chi connectivity index (χ1) is 19.1. The number of carbonyl (C=O) groups is 1. The van der Waals surface area contributed by atoms with Crippen LogP contribution in [0.15, 0.2) is 53.7 Å². The summed E-state index contributed by atoms with van der Waals surface area (Å²) in [6.45, 7) is 0.365. The van der Waals surface area contributed by atoms with Crippen LogP contribution in [0.4, 0.5) is 17.6 Å². The van der Waals surface area contributed by atoms with Gasteiger partial charge >= 0.3 is 11.9 Å². The summed E-state index contributed by atoms with van der Waals surface area (Å²) >= 11 is 5.80. The van der Waals surface area contributed by atoms with Gasteiger partial charge in [0, 0.05) is 31.0 Å². The Hall–Kier alpha value is -3.93. The van der Waals surface area contributed by atoms with Crippen molar-refractivity contribution in [1.82, 2.24) is 24.4 Å². The van der Waals surface area contributed by atoms with E-state index in [-0.39, 0.29) is 28.4 Å². The number of hydrogen-bond acceptors (Lipinski definition) is 5. The fourth-order valence-corrected chi connectivity index (χ4v) is 5.33. The van der Waals surface area contributed by atoms with Gasteiger partial charge in [0.15, 0.2) is 17.3 Å². The van der Waals surface area contributed by atoms with Gasteiger partial charge in [-0.25, -0.2) is 14.2 Å². The highest BCUT2D eigenvalue weighted by atomic mass is 35.5. The second kappa shape index (κ2) is 10.9. The third-order valence-corrected chi connectivity index (χ3v) is 7.32. The van der Waals surface area contributed by atoms with Crippen LogP contribution >= 0.6 is 11.6 Å². The van der Waals surface area contributed by atoms with E-state index in [4.69, 9.17) is 16.3 Å². The Kier molecular flexibility index (Phi) is 7.54. The molecule has 13 heteroatoms. The molecule has 1 aliphatic carbocycles. The zero-order valence-corrected chi connectivity index (χ0v) is 22.0. The SMILES string of the molecule is COc1ccc(-n2c(=O)n(CC3CCC(NC(=O)c4cc(Cl)cnc4C(F)(F)F)CC3)c3cnccc32)cc1F. The van der Waals surface area contributed by atoms with Crippen molar-refractivity contribution in [1.29, 1.82) is 0 Å². The molecule has 0 unspecified atom stereocenters. The average Bonchev–Trinajstić information content (AvgIpc) is 3.19. The number of aromatic nitrogens is 4. The van der Waals surface area contributed by atoms with Crippen molar-refractivity contribution in [3.63, 3.8) is 0 Å². The predicted octanol–water partition coefficient (Wildman–Crippen LogP) is 5.39. The zero-order chi connectivity index (χ0) is 28.6. The summed E-state index contributed by atoms with van der Waals surface area (Å²) in [7, 11) is 1.36. The lowest BCUT2D eigenvalue weighted by molar-refractivity contribution is -0.141. The molecule has 3 heterocycles. The average molecular weight is 578 g/mol. The Labute approximate surface area is 230 Å². The highest BCUT2D eigenvalue weighted by Crippen LogP contribution is 2.32. The van der Waals surface area contributed by atoms with Gasteiger partial charge in [0.1, 0.15) is 0 Å². The summed E-state index contributed by atoms with van der Waals surface area (Å²) in [6, 6.07) is 6.59. The molecule has 1 N–H and O–H groups in total. The molecule has 1 saturated carbocycles. The van der Waals surface area contributed by atoms with Gasteiger partial charge in [-0.1, -0.05) is 11.6 Å². The van der Waals surface area contributed by atoms with E-state index in [0.29, 0.717) is 48.9 Å². The maximum Gasteiger partial charge on any atom is 0.434 e. The minimum Gasteiger partial charge on any atom is -0.494 e. The van der Waals surface area contributed by atoms with Crippen molar-refractivity contribution in [3.8, 4) is 11.4 Å². The van der Waals surface area contributed by atoms with Crippen LogP contribution in [0.5, 0.6) is 5.75 Å². The largest absolute Gasteiger partial charge is 0.494 e. The number of pyridine rings is 2. The van der Waals surface area contributed by atoms with Gasteiger partial charge in [-0.3, -0.25) is 18.9 Å². The van der Waals surface area contributed by atoms with Crippen LogP contribution in [0.2, 0.25) is 5.02 Å². The molecule has 0 saturated heterocycles. The molecule has 3 aromatic heterocycles. The van der Waals surface area contributed by atoms with Crippen molar-refractivity contribution in [2.75, 3.05) is 7.11 Å². The van der Waals surface area contributed by atoms with Crippen molar-refractivity contribution >= 4 is 28.5 Å². The fraction of sp³-hybridized carbons (Fsp3) is 0.333. The van der Waals surface area contributed by atoms with Gasteiger partial charge in [-0.2, -0.15) is 13.2 Å². The van der Waals surface area contributed by atoms with Crippen LogP contribution in [0.1, 0.15) is 41.7 Å². The van der Waals surface area contributed by atoms with E-state index in [1.54, 1.807) is 29.1 Å². The summed E-state index contributed by atoms with van der Waals surface area (Å²) in [5.41, 5.74) is -0.754. The molecule has 0 radical (unpaired) electrons. The van der Waals surface area contributed by atoms with Gasteiger partial charge in [0.25, 0.3) is 5.91 Å². The van der Waals surface area contributed by atoms with Crippen molar-refractivity contribution in [3.05, 3.63) is 81.5 Å². The minimum absolute atomic E-state index is 0.0623. The van der Waals surface area contributed by atoms with Crippen molar-refractivity contribution < 1.29 is 27.1 Å². The number of ether oxygens (including phenoxy) is 1. The molecule has 1 aliphatic rings. The minimum atomic E-state index is -4.80. The number of nitrogens with zero attached hydrogens (tertiary/aromatic N) is 4. The highest BCUT2D eigenvalue weighted by Gasteiger charge is 2.38. The number of alkyl halides is 3. The van der Waals surface area contributed by atoms with Gasteiger partial charge in [-0.05, 0) is 55.9 Å². The zero-order valence-electron chi connectivity index (χ0n) is 21.2. The van der Waals surface area contributed by atoms with Crippen LogP contribution in [0, 0.1) is 11.7 Å². The molecule has 40 heavy (non-hydrogen) atoms. The normalized spacial score (nSPS) is 17.6. The van der Waals surface area contributed by atoms with Crippen molar-refractivity contribution in [2.45, 2.75) is 44.4 Å². The Morgan fingerprint density at radius 2 is 1.88 bits per heavy atom. The summed E-state index contributed by atoms with van der Waals surface area (Å²) in [4.78, 5) is 33.7. The maximum absolute atomic E-state index is 14.4. The monoisotopic (exact) mass is 577 g/mol. The quantitative estimate of drug-likeness (QED) is 0.310. The molecule has 0 bridgehead atoms. The van der Waals surface area contributed by atoms with Gasteiger partial charge < -0.3 is 10.1 Å². The van der Waals surface area contributed by atoms with E-state index in [2.05, 4.69) is 15.3 Å². The number of methoxy groups -OCH3 is 1. The van der Waals surface area contributed by atoms with Crippen LogP contribution < -0.4 is 15.7 Å². The van der Waals surface area contributed by atoms with Gasteiger partial charge in [-0.15, -0.1) is 0 Å². The lowest BCUT2D eigenvalue weighted by Crippen LogP contribution is -2.39. The van der Waals surface area contributed by atoms with E-state index in [9.17, 15) is 27.2 Å². The third-order valence-electron chi connectivity index (χ3n) is 7.12. The van der Waals surface area contributed by atoms with Crippen LogP contribution in [0.25, 0.3) is 16.7 Å².